The molecule has 0 atom stereocenters. The Balaban J connectivity index is 1.98. The van der Waals surface area contributed by atoms with E-state index in [-0.39, 0.29) is 23.9 Å². The summed E-state index contributed by atoms with van der Waals surface area (Å²) in [7, 11) is 1.23. The Morgan fingerprint density at radius 2 is 1.95 bits per heavy atom. The normalized spacial score (nSPS) is 10.1. The van der Waals surface area contributed by atoms with E-state index in [1.807, 2.05) is 0 Å². The van der Waals surface area contributed by atoms with Crippen LogP contribution in [0.15, 0.2) is 40.8 Å². The molecule has 0 amide bonds. The van der Waals surface area contributed by atoms with E-state index < -0.39 is 5.97 Å². The van der Waals surface area contributed by atoms with Gasteiger partial charge in [0.15, 0.2) is 12.4 Å². The standard InChI is InChI=1S/C14H11ClO5/c1-18-14(17)13-6-5-12(20-13)11(16)8-19-10-4-2-3-9(15)7-10/h2-7H,8H2,1H3. The Bertz CT molecular complexity index is 632. The van der Waals surface area contributed by atoms with Gasteiger partial charge >= 0.3 is 5.97 Å². The summed E-state index contributed by atoms with van der Waals surface area (Å²) in [5, 5.41) is 0.515. The van der Waals surface area contributed by atoms with E-state index in [9.17, 15) is 9.59 Å². The van der Waals surface area contributed by atoms with Crippen molar-refractivity contribution in [1.29, 1.82) is 0 Å². The van der Waals surface area contributed by atoms with Crippen molar-refractivity contribution in [3.8, 4) is 5.75 Å². The van der Waals surface area contributed by atoms with Gasteiger partial charge in [-0.1, -0.05) is 17.7 Å². The number of benzene rings is 1. The molecule has 0 spiro atoms. The van der Waals surface area contributed by atoms with E-state index in [1.165, 1.54) is 19.2 Å². The molecule has 104 valence electrons. The van der Waals surface area contributed by atoms with Crippen molar-refractivity contribution in [2.24, 2.45) is 0 Å². The van der Waals surface area contributed by atoms with E-state index >= 15 is 0 Å². The van der Waals surface area contributed by atoms with Crippen LogP contribution in [0.5, 0.6) is 5.75 Å². The Morgan fingerprint density at radius 1 is 1.20 bits per heavy atom. The van der Waals surface area contributed by atoms with Crippen molar-refractivity contribution < 1.29 is 23.5 Å². The Labute approximate surface area is 120 Å². The zero-order valence-corrected chi connectivity index (χ0v) is 11.3. The molecule has 5 nitrogen and oxygen atoms in total. The van der Waals surface area contributed by atoms with Gasteiger partial charge in [0.1, 0.15) is 5.75 Å². The number of halogens is 1. The average Bonchev–Trinajstić information content (AvgIpc) is 2.94. The van der Waals surface area contributed by atoms with Crippen LogP contribution in [-0.2, 0) is 4.74 Å². The van der Waals surface area contributed by atoms with Crippen LogP contribution in [-0.4, -0.2) is 25.5 Å². The second-order valence-corrected chi connectivity index (χ2v) is 4.26. The van der Waals surface area contributed by atoms with E-state index in [0.29, 0.717) is 10.8 Å². The average molecular weight is 295 g/mol. The molecule has 0 fully saturated rings. The quantitative estimate of drug-likeness (QED) is 0.626. The van der Waals surface area contributed by atoms with E-state index in [2.05, 4.69) is 4.74 Å². The zero-order chi connectivity index (χ0) is 14.5. The van der Waals surface area contributed by atoms with E-state index in [4.69, 9.17) is 20.8 Å². The van der Waals surface area contributed by atoms with Gasteiger partial charge in [-0.15, -0.1) is 0 Å². The molecule has 1 aromatic heterocycles. The summed E-state index contributed by atoms with van der Waals surface area (Å²) in [6, 6.07) is 9.46. The van der Waals surface area contributed by atoms with Gasteiger partial charge in [-0.3, -0.25) is 4.79 Å². The third kappa shape index (κ3) is 3.39. The molecule has 0 aliphatic carbocycles. The lowest BCUT2D eigenvalue weighted by molar-refractivity contribution is 0.0562. The summed E-state index contributed by atoms with van der Waals surface area (Å²) in [5.41, 5.74) is 0. The highest BCUT2D eigenvalue weighted by Gasteiger charge is 2.16. The number of hydrogen-bond acceptors (Lipinski definition) is 5. The summed E-state index contributed by atoms with van der Waals surface area (Å²) >= 11 is 5.80. The van der Waals surface area contributed by atoms with E-state index in [1.54, 1.807) is 24.3 Å². The fraction of sp³-hybridized carbons (Fsp3) is 0.143. The van der Waals surface area contributed by atoms with Crippen LogP contribution < -0.4 is 4.74 Å². The first kappa shape index (κ1) is 14.1. The highest BCUT2D eigenvalue weighted by molar-refractivity contribution is 6.30. The SMILES string of the molecule is COC(=O)c1ccc(C(=O)COc2cccc(Cl)c2)o1. The molecule has 0 saturated carbocycles. The number of rotatable bonds is 5. The van der Waals surface area contributed by atoms with Crippen LogP contribution in [0, 0.1) is 0 Å². The first-order chi connectivity index (χ1) is 9.60. The lowest BCUT2D eigenvalue weighted by Gasteiger charge is -2.04. The van der Waals surface area contributed by atoms with Gasteiger partial charge in [-0.05, 0) is 30.3 Å². The summed E-state index contributed by atoms with van der Waals surface area (Å²) in [5.74, 6) is -0.545. The van der Waals surface area contributed by atoms with Crippen molar-refractivity contribution in [3.05, 3.63) is 52.9 Å². The molecule has 2 aromatic rings. The van der Waals surface area contributed by atoms with Crippen molar-refractivity contribution in [2.75, 3.05) is 13.7 Å². The number of ether oxygens (including phenoxy) is 2. The number of Topliss-reactive ketones (excluding diaryl/α,β-unsaturated/α-hetero) is 1. The monoisotopic (exact) mass is 294 g/mol. The van der Waals surface area contributed by atoms with Crippen LogP contribution in [0.1, 0.15) is 21.1 Å². The predicted octanol–water partition coefficient (Wildman–Crippen LogP) is 2.98. The lowest BCUT2D eigenvalue weighted by atomic mass is 10.3. The van der Waals surface area contributed by atoms with Gasteiger partial charge in [0.25, 0.3) is 0 Å². The Hall–Kier alpha value is -2.27. The fourth-order valence-electron chi connectivity index (χ4n) is 1.47. The number of furan rings is 1. The smallest absolute Gasteiger partial charge is 0.373 e. The van der Waals surface area contributed by atoms with Gasteiger partial charge in [0, 0.05) is 5.02 Å². The van der Waals surface area contributed by atoms with E-state index in [0.717, 1.165) is 0 Å². The molecule has 20 heavy (non-hydrogen) atoms. The number of carbonyl (C=O) groups is 2. The van der Waals surface area contributed by atoms with Crippen LogP contribution in [0.4, 0.5) is 0 Å². The molecule has 1 aromatic carbocycles. The van der Waals surface area contributed by atoms with Crippen molar-refractivity contribution in [2.45, 2.75) is 0 Å². The third-order valence-electron chi connectivity index (χ3n) is 2.43. The molecular formula is C14H11ClO5. The lowest BCUT2D eigenvalue weighted by Crippen LogP contribution is -2.10. The maximum Gasteiger partial charge on any atom is 0.373 e. The van der Waals surface area contributed by atoms with Gasteiger partial charge < -0.3 is 13.9 Å². The minimum absolute atomic E-state index is 0.0291. The number of esters is 1. The summed E-state index contributed by atoms with van der Waals surface area (Å²) in [4.78, 5) is 23.0. The Morgan fingerprint density at radius 3 is 2.65 bits per heavy atom. The molecule has 0 bridgehead atoms. The van der Waals surface area contributed by atoms with Crippen LogP contribution >= 0.6 is 11.6 Å². The molecule has 0 aliphatic rings. The first-order valence-corrected chi connectivity index (χ1v) is 6.07. The van der Waals surface area contributed by atoms with Gasteiger partial charge in [0.05, 0.1) is 7.11 Å². The van der Waals surface area contributed by atoms with Crippen molar-refractivity contribution in [1.82, 2.24) is 0 Å². The predicted molar refractivity (Wildman–Crippen MR) is 71.3 cm³/mol. The molecule has 0 N–H and O–H groups in total. The molecule has 0 saturated heterocycles. The Kier molecular flexibility index (Phi) is 4.42. The first-order valence-electron chi connectivity index (χ1n) is 5.70. The number of hydrogen-bond donors (Lipinski definition) is 0. The molecule has 0 aliphatic heterocycles. The summed E-state index contributed by atoms with van der Waals surface area (Å²) < 4.78 is 14.9. The number of methoxy groups -OCH3 is 1. The van der Waals surface area contributed by atoms with Gasteiger partial charge in [0.2, 0.25) is 11.5 Å². The maximum atomic E-state index is 11.8. The third-order valence-corrected chi connectivity index (χ3v) is 2.67. The molecular weight excluding hydrogens is 284 g/mol. The molecule has 0 radical (unpaired) electrons. The molecule has 2 rings (SSSR count). The second kappa shape index (κ2) is 6.25. The van der Waals surface area contributed by atoms with Crippen molar-refractivity contribution in [3.63, 3.8) is 0 Å². The minimum atomic E-state index is -0.639. The van der Waals surface area contributed by atoms with Crippen LogP contribution in [0.25, 0.3) is 0 Å². The maximum absolute atomic E-state index is 11.8. The topological polar surface area (TPSA) is 65.7 Å². The van der Waals surface area contributed by atoms with Gasteiger partial charge in [-0.2, -0.15) is 0 Å². The summed E-state index contributed by atoms with van der Waals surface area (Å²) in [6.07, 6.45) is 0. The zero-order valence-electron chi connectivity index (χ0n) is 10.6. The summed E-state index contributed by atoms with van der Waals surface area (Å²) in [6.45, 7) is -0.214. The minimum Gasteiger partial charge on any atom is -0.485 e. The molecule has 6 heteroatoms. The van der Waals surface area contributed by atoms with Gasteiger partial charge in [-0.25, -0.2) is 4.79 Å². The highest BCUT2D eigenvalue weighted by Crippen LogP contribution is 2.17. The molecule has 1 heterocycles. The van der Waals surface area contributed by atoms with Crippen LogP contribution in [0.3, 0.4) is 0 Å². The van der Waals surface area contributed by atoms with Crippen LogP contribution in [0.2, 0.25) is 5.02 Å². The van der Waals surface area contributed by atoms with Crippen molar-refractivity contribution >= 4 is 23.4 Å². The molecule has 0 unspecified atom stereocenters. The second-order valence-electron chi connectivity index (χ2n) is 3.82. The largest absolute Gasteiger partial charge is 0.485 e. The fourth-order valence-corrected chi connectivity index (χ4v) is 1.66. The highest BCUT2D eigenvalue weighted by atomic mass is 35.5. The number of carbonyl (C=O) groups excluding carboxylic acids is 2. The number of ketones is 1.